The van der Waals surface area contributed by atoms with Crippen LogP contribution in [0.1, 0.15) is 18.2 Å². The maximum Gasteiger partial charge on any atom is 0.410 e. The third-order valence-electron chi connectivity index (χ3n) is 4.70. The van der Waals surface area contributed by atoms with Crippen molar-refractivity contribution < 1.29 is 19.4 Å². The Bertz CT molecular complexity index is 751. The van der Waals surface area contributed by atoms with E-state index in [0.29, 0.717) is 5.69 Å². The van der Waals surface area contributed by atoms with E-state index in [1.165, 1.54) is 4.90 Å². The summed E-state index contributed by atoms with van der Waals surface area (Å²) in [5, 5.41) is 9.61. The number of nitrogens with zero attached hydrogens (tertiary/aromatic N) is 2. The molecule has 2 unspecified atom stereocenters. The standard InChI is InChI=1S/C19H20N2O4/c1-19(16-9-5-6-10-20-16)13-21(11-15(19)17(22)23)18(24)25-12-14-7-3-2-4-8-14/h2-10,15H,11-13H2,1H3,(H,22,23). The lowest BCUT2D eigenvalue weighted by Crippen LogP contribution is -2.37. The van der Waals surface area contributed by atoms with Gasteiger partial charge in [-0.1, -0.05) is 43.3 Å². The molecule has 25 heavy (non-hydrogen) atoms. The highest BCUT2D eigenvalue weighted by molar-refractivity contribution is 5.76. The van der Waals surface area contributed by atoms with Gasteiger partial charge in [0.05, 0.1) is 5.92 Å². The zero-order valence-electron chi connectivity index (χ0n) is 14.0. The van der Waals surface area contributed by atoms with Crippen LogP contribution < -0.4 is 0 Å². The Morgan fingerprint density at radius 1 is 1.24 bits per heavy atom. The normalized spacial score (nSPS) is 22.6. The average molecular weight is 340 g/mol. The van der Waals surface area contributed by atoms with Crippen molar-refractivity contribution in [3.8, 4) is 0 Å². The minimum Gasteiger partial charge on any atom is -0.481 e. The second kappa shape index (κ2) is 6.93. The van der Waals surface area contributed by atoms with E-state index in [4.69, 9.17) is 4.74 Å². The molecule has 6 nitrogen and oxygen atoms in total. The largest absolute Gasteiger partial charge is 0.481 e. The van der Waals surface area contributed by atoms with Gasteiger partial charge in [-0.3, -0.25) is 9.78 Å². The van der Waals surface area contributed by atoms with E-state index < -0.39 is 23.4 Å². The topological polar surface area (TPSA) is 79.7 Å². The molecule has 2 aromatic rings. The summed E-state index contributed by atoms with van der Waals surface area (Å²) in [6.07, 6.45) is 1.13. The highest BCUT2D eigenvalue weighted by Crippen LogP contribution is 2.38. The molecule has 0 aliphatic carbocycles. The van der Waals surface area contributed by atoms with E-state index in [2.05, 4.69) is 4.98 Å². The number of ether oxygens (including phenoxy) is 1. The number of aliphatic carboxylic acids is 1. The molecule has 0 spiro atoms. The van der Waals surface area contributed by atoms with Crippen LogP contribution in [0.15, 0.2) is 54.7 Å². The summed E-state index contributed by atoms with van der Waals surface area (Å²) in [5.41, 5.74) is 0.803. The van der Waals surface area contributed by atoms with Gasteiger partial charge in [-0.25, -0.2) is 4.79 Å². The maximum absolute atomic E-state index is 12.4. The van der Waals surface area contributed by atoms with Gasteiger partial charge < -0.3 is 14.7 Å². The number of pyridine rings is 1. The molecule has 1 fully saturated rings. The van der Waals surface area contributed by atoms with Crippen molar-refractivity contribution in [2.75, 3.05) is 13.1 Å². The third kappa shape index (κ3) is 3.47. The summed E-state index contributed by atoms with van der Waals surface area (Å²) in [6, 6.07) is 14.8. The van der Waals surface area contributed by atoms with E-state index in [1.54, 1.807) is 18.3 Å². The van der Waals surface area contributed by atoms with Gasteiger partial charge >= 0.3 is 12.1 Å². The molecule has 1 saturated heterocycles. The number of carboxylic acid groups (broad SMARTS) is 1. The Morgan fingerprint density at radius 2 is 1.96 bits per heavy atom. The molecule has 0 saturated carbocycles. The number of benzene rings is 1. The quantitative estimate of drug-likeness (QED) is 0.926. The summed E-state index contributed by atoms with van der Waals surface area (Å²) in [7, 11) is 0. The van der Waals surface area contributed by atoms with Gasteiger partial charge in [-0.2, -0.15) is 0 Å². The molecule has 1 aliphatic rings. The summed E-state index contributed by atoms with van der Waals surface area (Å²) >= 11 is 0. The van der Waals surface area contributed by atoms with Crippen molar-refractivity contribution in [2.24, 2.45) is 5.92 Å². The lowest BCUT2D eigenvalue weighted by Gasteiger charge is -2.27. The van der Waals surface area contributed by atoms with Crippen molar-refractivity contribution in [2.45, 2.75) is 18.9 Å². The zero-order chi connectivity index (χ0) is 17.9. The first-order valence-corrected chi connectivity index (χ1v) is 8.10. The maximum atomic E-state index is 12.4. The summed E-state index contributed by atoms with van der Waals surface area (Å²) in [5.74, 6) is -1.67. The van der Waals surface area contributed by atoms with Gasteiger partial charge in [0.1, 0.15) is 6.61 Å². The Kier molecular flexibility index (Phi) is 4.70. The van der Waals surface area contributed by atoms with Crippen LogP contribution in [0.2, 0.25) is 0 Å². The first-order chi connectivity index (χ1) is 12.0. The van der Waals surface area contributed by atoms with Gasteiger partial charge in [-0.05, 0) is 17.7 Å². The van der Waals surface area contributed by atoms with Crippen molar-refractivity contribution in [1.82, 2.24) is 9.88 Å². The molecule has 1 aliphatic heterocycles. The fourth-order valence-corrected chi connectivity index (χ4v) is 3.25. The van der Waals surface area contributed by atoms with Crippen LogP contribution in [0.4, 0.5) is 4.79 Å². The number of hydrogen-bond donors (Lipinski definition) is 1. The lowest BCUT2D eigenvalue weighted by molar-refractivity contribution is -0.142. The van der Waals surface area contributed by atoms with Crippen LogP contribution in [0, 0.1) is 5.92 Å². The third-order valence-corrected chi connectivity index (χ3v) is 4.70. The number of carbonyl (C=O) groups excluding carboxylic acids is 1. The van der Waals surface area contributed by atoms with E-state index in [-0.39, 0.29) is 19.7 Å². The van der Waals surface area contributed by atoms with E-state index in [9.17, 15) is 14.7 Å². The van der Waals surface area contributed by atoms with E-state index in [1.807, 2.05) is 43.3 Å². The van der Waals surface area contributed by atoms with Gasteiger partial charge in [0.2, 0.25) is 0 Å². The minimum atomic E-state index is -0.938. The molecule has 2 atom stereocenters. The molecule has 3 rings (SSSR count). The molecule has 2 heterocycles. The molecule has 130 valence electrons. The molecule has 0 bridgehead atoms. The summed E-state index contributed by atoms with van der Waals surface area (Å²) < 4.78 is 5.34. The van der Waals surface area contributed by atoms with Crippen molar-refractivity contribution in [3.63, 3.8) is 0 Å². The van der Waals surface area contributed by atoms with Crippen LogP contribution in [0.25, 0.3) is 0 Å². The zero-order valence-corrected chi connectivity index (χ0v) is 14.0. The van der Waals surface area contributed by atoms with E-state index >= 15 is 0 Å². The van der Waals surface area contributed by atoms with Crippen LogP contribution in [-0.2, 0) is 21.6 Å². The number of carbonyl (C=O) groups is 2. The van der Waals surface area contributed by atoms with Gasteiger partial charge in [0, 0.05) is 30.4 Å². The van der Waals surface area contributed by atoms with Crippen LogP contribution >= 0.6 is 0 Å². The number of rotatable bonds is 4. The highest BCUT2D eigenvalue weighted by atomic mass is 16.6. The Labute approximate surface area is 146 Å². The second-order valence-corrected chi connectivity index (χ2v) is 6.44. The molecular weight excluding hydrogens is 320 g/mol. The number of amides is 1. The molecule has 1 aromatic heterocycles. The first kappa shape index (κ1) is 17.0. The molecule has 1 amide bonds. The summed E-state index contributed by atoms with van der Waals surface area (Å²) in [6.45, 7) is 2.36. The lowest BCUT2D eigenvalue weighted by atomic mass is 9.77. The SMILES string of the molecule is CC1(c2ccccn2)CN(C(=O)OCc2ccccc2)CC1C(=O)O. The monoisotopic (exact) mass is 340 g/mol. The number of carboxylic acids is 1. The average Bonchev–Trinajstić information content (AvgIpc) is 3.01. The predicted molar refractivity (Wildman–Crippen MR) is 90.9 cm³/mol. The number of hydrogen-bond acceptors (Lipinski definition) is 4. The van der Waals surface area contributed by atoms with Crippen molar-refractivity contribution in [3.05, 3.63) is 66.0 Å². The highest BCUT2D eigenvalue weighted by Gasteiger charge is 2.50. The molecule has 1 N–H and O–H groups in total. The van der Waals surface area contributed by atoms with Crippen LogP contribution in [0.5, 0.6) is 0 Å². The van der Waals surface area contributed by atoms with Gasteiger partial charge in [-0.15, -0.1) is 0 Å². The molecule has 6 heteroatoms. The van der Waals surface area contributed by atoms with Crippen LogP contribution in [0.3, 0.4) is 0 Å². The minimum absolute atomic E-state index is 0.107. The molecule has 0 radical (unpaired) electrons. The predicted octanol–water partition coefficient (Wildman–Crippen LogP) is 2.69. The van der Waals surface area contributed by atoms with Crippen LogP contribution in [-0.4, -0.2) is 40.1 Å². The molecular formula is C19H20N2O4. The van der Waals surface area contributed by atoms with E-state index in [0.717, 1.165) is 5.56 Å². The molecule has 1 aromatic carbocycles. The number of likely N-dealkylation sites (tertiary alicyclic amines) is 1. The number of aromatic nitrogens is 1. The Hall–Kier alpha value is -2.89. The van der Waals surface area contributed by atoms with Crippen molar-refractivity contribution >= 4 is 12.1 Å². The fourth-order valence-electron chi connectivity index (χ4n) is 3.25. The summed E-state index contributed by atoms with van der Waals surface area (Å²) in [4.78, 5) is 29.9. The van der Waals surface area contributed by atoms with Crippen molar-refractivity contribution in [1.29, 1.82) is 0 Å². The van der Waals surface area contributed by atoms with Gasteiger partial charge in [0.15, 0.2) is 0 Å². The fraction of sp³-hybridized carbons (Fsp3) is 0.316. The second-order valence-electron chi connectivity index (χ2n) is 6.44. The first-order valence-electron chi connectivity index (χ1n) is 8.10. The Balaban J connectivity index is 1.73. The Morgan fingerprint density at radius 3 is 2.60 bits per heavy atom. The smallest absolute Gasteiger partial charge is 0.410 e. The van der Waals surface area contributed by atoms with Gasteiger partial charge in [0.25, 0.3) is 0 Å².